The molecule has 2 aromatic heterocycles. The summed E-state index contributed by atoms with van der Waals surface area (Å²) >= 11 is 0. The first-order chi connectivity index (χ1) is 16.3. The number of pyridine rings is 1. The summed E-state index contributed by atoms with van der Waals surface area (Å²) in [4.78, 5) is 17.3. The molecule has 1 saturated carbocycles. The van der Waals surface area contributed by atoms with Crippen LogP contribution in [-0.4, -0.2) is 44.1 Å². The summed E-state index contributed by atoms with van der Waals surface area (Å²) in [5.74, 6) is -3.53. The largest absolute Gasteiger partial charge is 0.453 e. The van der Waals surface area contributed by atoms with Gasteiger partial charge in [0.05, 0.1) is 16.4 Å². The number of alkyl halides is 2. The van der Waals surface area contributed by atoms with Crippen molar-refractivity contribution in [2.24, 2.45) is 5.41 Å². The number of nitrogens with zero attached hydrogens (tertiary/aromatic N) is 3. The van der Waals surface area contributed by atoms with E-state index in [2.05, 4.69) is 15.4 Å². The summed E-state index contributed by atoms with van der Waals surface area (Å²) in [7, 11) is 0. The number of amides is 1. The molecule has 0 saturated heterocycles. The third kappa shape index (κ3) is 4.40. The van der Waals surface area contributed by atoms with Crippen LogP contribution in [-0.2, 0) is 11.3 Å². The Kier molecular flexibility index (Phi) is 5.24. The minimum atomic E-state index is -2.86. The highest BCUT2D eigenvalue weighted by molar-refractivity contribution is 6.02. The summed E-state index contributed by atoms with van der Waals surface area (Å²) in [6.45, 7) is 5.05. The lowest BCUT2D eigenvalue weighted by atomic mass is 9.67. The smallest absolute Gasteiger partial charge is 0.250 e. The van der Waals surface area contributed by atoms with E-state index >= 15 is 0 Å². The first-order valence-electron chi connectivity index (χ1n) is 11.2. The number of nitrogens with one attached hydrogen (secondary N) is 1. The SMILES string of the molecule is CC(C)(O)CCn1nc(NC(=O)C2(C)CC(F)(F)C2)c2cc(-c3cc(F)c4c(c3)OCO4)cnc21. The van der Waals surface area contributed by atoms with Gasteiger partial charge >= 0.3 is 0 Å². The molecule has 1 aliphatic carbocycles. The van der Waals surface area contributed by atoms with Gasteiger partial charge in [0.1, 0.15) is 0 Å². The van der Waals surface area contributed by atoms with Crippen molar-refractivity contribution in [3.8, 4) is 22.6 Å². The average molecular weight is 490 g/mol. The van der Waals surface area contributed by atoms with Crippen molar-refractivity contribution in [1.29, 1.82) is 0 Å². The van der Waals surface area contributed by atoms with E-state index < -0.39 is 41.5 Å². The van der Waals surface area contributed by atoms with Crippen LogP contribution in [0.2, 0.25) is 0 Å². The molecule has 1 aliphatic heterocycles. The van der Waals surface area contributed by atoms with Gasteiger partial charge in [-0.2, -0.15) is 5.10 Å². The maximum atomic E-state index is 14.5. The maximum Gasteiger partial charge on any atom is 0.250 e. The molecule has 0 spiro atoms. The topological polar surface area (TPSA) is 98.5 Å². The van der Waals surface area contributed by atoms with Crippen LogP contribution in [0, 0.1) is 11.2 Å². The van der Waals surface area contributed by atoms with E-state index in [0.29, 0.717) is 35.1 Å². The van der Waals surface area contributed by atoms with E-state index in [9.17, 15) is 23.1 Å². The van der Waals surface area contributed by atoms with Crippen LogP contribution in [0.4, 0.5) is 19.0 Å². The first kappa shape index (κ1) is 23.4. The van der Waals surface area contributed by atoms with Gasteiger partial charge in [-0.1, -0.05) is 6.92 Å². The molecule has 3 aromatic rings. The number of fused-ring (bicyclic) bond motifs is 2. The molecule has 1 fully saturated rings. The summed E-state index contributed by atoms with van der Waals surface area (Å²) in [6.07, 6.45) is 0.825. The zero-order valence-electron chi connectivity index (χ0n) is 19.5. The Hall–Kier alpha value is -3.34. The van der Waals surface area contributed by atoms with Crippen molar-refractivity contribution in [1.82, 2.24) is 14.8 Å². The molecule has 8 nitrogen and oxygen atoms in total. The molecule has 2 aliphatic rings. The van der Waals surface area contributed by atoms with Gasteiger partial charge in [-0.3, -0.25) is 4.79 Å². The summed E-state index contributed by atoms with van der Waals surface area (Å²) in [5.41, 5.74) is -0.727. The number of ether oxygens (including phenoxy) is 2. The second-order valence-corrected chi connectivity index (χ2v) is 10.1. The van der Waals surface area contributed by atoms with E-state index in [-0.39, 0.29) is 24.1 Å². The Morgan fingerprint density at radius 1 is 1.23 bits per heavy atom. The van der Waals surface area contributed by atoms with E-state index in [1.165, 1.54) is 13.0 Å². The number of carbonyl (C=O) groups is 1. The van der Waals surface area contributed by atoms with Crippen LogP contribution >= 0.6 is 0 Å². The van der Waals surface area contributed by atoms with Crippen molar-refractivity contribution in [3.63, 3.8) is 0 Å². The van der Waals surface area contributed by atoms with Gasteiger partial charge in [-0.25, -0.2) is 22.8 Å². The molecule has 0 bridgehead atoms. The van der Waals surface area contributed by atoms with Gasteiger partial charge in [-0.05, 0) is 44.0 Å². The Morgan fingerprint density at radius 3 is 2.66 bits per heavy atom. The summed E-state index contributed by atoms with van der Waals surface area (Å²) in [6, 6.07) is 4.62. The Morgan fingerprint density at radius 2 is 1.97 bits per heavy atom. The minimum Gasteiger partial charge on any atom is -0.453 e. The molecule has 186 valence electrons. The summed E-state index contributed by atoms with van der Waals surface area (Å²) in [5, 5.41) is 17.7. The highest BCUT2D eigenvalue weighted by Crippen LogP contribution is 2.52. The van der Waals surface area contributed by atoms with E-state index in [0.717, 1.165) is 0 Å². The van der Waals surface area contributed by atoms with E-state index in [4.69, 9.17) is 9.47 Å². The minimum absolute atomic E-state index is 0.0423. The number of carbonyl (C=O) groups excluding carboxylic acids is 1. The second-order valence-electron chi connectivity index (χ2n) is 10.1. The number of rotatable bonds is 6. The van der Waals surface area contributed by atoms with Crippen LogP contribution < -0.4 is 14.8 Å². The molecule has 0 unspecified atom stereocenters. The average Bonchev–Trinajstić information content (AvgIpc) is 3.35. The van der Waals surface area contributed by atoms with Gasteiger partial charge < -0.3 is 19.9 Å². The van der Waals surface area contributed by atoms with Crippen molar-refractivity contribution in [2.45, 2.75) is 58.1 Å². The number of hydrogen-bond acceptors (Lipinski definition) is 6. The van der Waals surface area contributed by atoms with E-state index in [1.807, 2.05) is 0 Å². The van der Waals surface area contributed by atoms with Crippen LogP contribution in [0.3, 0.4) is 0 Å². The van der Waals surface area contributed by atoms with Gasteiger partial charge in [0.15, 0.2) is 23.0 Å². The number of aliphatic hydroxyl groups is 1. The molecule has 5 rings (SSSR count). The van der Waals surface area contributed by atoms with E-state index in [1.54, 1.807) is 36.9 Å². The molecular weight excluding hydrogens is 465 g/mol. The lowest BCUT2D eigenvalue weighted by Crippen LogP contribution is -2.51. The second kappa shape index (κ2) is 7.84. The van der Waals surface area contributed by atoms with Gasteiger partial charge in [0, 0.05) is 31.1 Å². The van der Waals surface area contributed by atoms with Crippen LogP contribution in [0.15, 0.2) is 24.4 Å². The lowest BCUT2D eigenvalue weighted by molar-refractivity contribution is -0.170. The molecule has 0 atom stereocenters. The van der Waals surface area contributed by atoms with Gasteiger partial charge in [0.2, 0.25) is 24.4 Å². The Bertz CT molecular complexity index is 1320. The molecular formula is C24H25F3N4O4. The highest BCUT2D eigenvalue weighted by atomic mass is 19.3. The fraction of sp³-hybridized carbons (Fsp3) is 0.458. The number of aromatic nitrogens is 3. The van der Waals surface area contributed by atoms with Crippen LogP contribution in [0.1, 0.15) is 40.0 Å². The fourth-order valence-electron chi connectivity index (χ4n) is 4.49. The molecule has 2 N–H and O–H groups in total. The zero-order valence-corrected chi connectivity index (χ0v) is 19.5. The van der Waals surface area contributed by atoms with Crippen LogP contribution in [0.25, 0.3) is 22.2 Å². The Balaban J connectivity index is 1.53. The molecule has 0 radical (unpaired) electrons. The van der Waals surface area contributed by atoms with Crippen molar-refractivity contribution >= 4 is 22.8 Å². The molecule has 1 amide bonds. The first-order valence-corrected chi connectivity index (χ1v) is 11.2. The number of anilines is 1. The van der Waals surface area contributed by atoms with Crippen molar-refractivity contribution in [3.05, 3.63) is 30.2 Å². The lowest BCUT2D eigenvalue weighted by Gasteiger charge is -2.43. The molecule has 35 heavy (non-hydrogen) atoms. The van der Waals surface area contributed by atoms with Crippen LogP contribution in [0.5, 0.6) is 11.5 Å². The number of hydrogen-bond donors (Lipinski definition) is 2. The van der Waals surface area contributed by atoms with Crippen molar-refractivity contribution < 1.29 is 32.5 Å². The van der Waals surface area contributed by atoms with Crippen molar-refractivity contribution in [2.75, 3.05) is 12.1 Å². The highest BCUT2D eigenvalue weighted by Gasteiger charge is 2.57. The number of benzene rings is 1. The monoisotopic (exact) mass is 490 g/mol. The molecule has 3 heterocycles. The Labute approximate surface area is 199 Å². The third-order valence-corrected chi connectivity index (χ3v) is 6.36. The standard InChI is InChI=1S/C24H25F3N4O4/c1-22(2,33)4-5-31-20-15(19(30-31)29-21(32)23(3)10-24(26,27)11-23)6-14(9-28-20)13-7-16(25)18-17(8-13)34-12-35-18/h6-9,33H,4-5,10-12H2,1-3H3,(H,29,30,32). The molecule has 1 aromatic carbocycles. The number of aryl methyl sites for hydroxylation is 1. The maximum absolute atomic E-state index is 14.5. The number of halogens is 3. The quantitative estimate of drug-likeness (QED) is 0.528. The predicted molar refractivity (Wildman–Crippen MR) is 121 cm³/mol. The summed E-state index contributed by atoms with van der Waals surface area (Å²) < 4.78 is 53.4. The van der Waals surface area contributed by atoms with Gasteiger partial charge in [-0.15, -0.1) is 0 Å². The van der Waals surface area contributed by atoms with Gasteiger partial charge in [0.25, 0.3) is 0 Å². The zero-order chi connectivity index (χ0) is 25.2. The molecule has 11 heteroatoms. The third-order valence-electron chi connectivity index (χ3n) is 6.36. The predicted octanol–water partition coefficient (Wildman–Crippen LogP) is 4.50. The normalized spacial score (nSPS) is 17.9. The fourth-order valence-corrected chi connectivity index (χ4v) is 4.49.